The van der Waals surface area contributed by atoms with Gasteiger partial charge in [0.25, 0.3) is 5.91 Å². The van der Waals surface area contributed by atoms with Crippen molar-refractivity contribution in [2.24, 2.45) is 5.73 Å². The Morgan fingerprint density at radius 3 is 2.37 bits per heavy atom. The van der Waals surface area contributed by atoms with Crippen molar-refractivity contribution in [3.8, 4) is 5.69 Å². The van der Waals surface area contributed by atoms with Gasteiger partial charge in [0.15, 0.2) is 0 Å². The highest BCUT2D eigenvalue weighted by atomic mass is 16.5. The zero-order chi connectivity index (χ0) is 21.8. The molecule has 0 bridgehead atoms. The molecule has 3 aromatic rings. The average Bonchev–Trinajstić information content (AvgIpc) is 3.09. The molecule has 0 saturated heterocycles. The highest BCUT2D eigenvalue weighted by Gasteiger charge is 2.16. The Kier molecular flexibility index (Phi) is 5.96. The molecule has 8 heteroatoms. The minimum absolute atomic E-state index is 0.290. The molecular formula is C22H22N4O4. The minimum atomic E-state index is -0.513. The van der Waals surface area contributed by atoms with Crippen molar-refractivity contribution in [1.82, 2.24) is 9.78 Å². The maximum atomic E-state index is 12.5. The molecule has 0 unspecified atom stereocenters. The number of aromatic nitrogens is 2. The Labute approximate surface area is 173 Å². The van der Waals surface area contributed by atoms with Gasteiger partial charge in [-0.25, -0.2) is 9.48 Å². The second-order valence-electron chi connectivity index (χ2n) is 6.67. The van der Waals surface area contributed by atoms with E-state index in [1.807, 2.05) is 0 Å². The van der Waals surface area contributed by atoms with E-state index in [0.29, 0.717) is 39.3 Å². The van der Waals surface area contributed by atoms with Gasteiger partial charge >= 0.3 is 5.97 Å². The molecule has 0 radical (unpaired) electrons. The lowest BCUT2D eigenvalue weighted by Crippen LogP contribution is -2.15. The van der Waals surface area contributed by atoms with Crippen molar-refractivity contribution >= 4 is 23.5 Å². The molecule has 0 atom stereocenters. The van der Waals surface area contributed by atoms with E-state index in [4.69, 9.17) is 10.5 Å². The highest BCUT2D eigenvalue weighted by molar-refractivity contribution is 6.04. The summed E-state index contributed by atoms with van der Waals surface area (Å²) < 4.78 is 6.63. The molecule has 0 aliphatic carbocycles. The van der Waals surface area contributed by atoms with Crippen molar-refractivity contribution in [2.45, 2.75) is 20.8 Å². The van der Waals surface area contributed by atoms with E-state index in [-0.39, 0.29) is 12.5 Å². The van der Waals surface area contributed by atoms with Crippen molar-refractivity contribution in [1.29, 1.82) is 0 Å². The van der Waals surface area contributed by atoms with E-state index < -0.39 is 11.9 Å². The standard InChI is InChI=1S/C22H22N4O4/c1-4-30-22(29)19-12-24-26(14(19)3)17-8-5-15(6-9-17)21(28)25-16-7-10-18(20(23)27)13(2)11-16/h5-12H,4H2,1-3H3,(H2,23,27)(H,25,28). The third kappa shape index (κ3) is 4.22. The van der Waals surface area contributed by atoms with Gasteiger partial charge in [-0.2, -0.15) is 5.10 Å². The van der Waals surface area contributed by atoms with Crippen molar-refractivity contribution < 1.29 is 19.1 Å². The van der Waals surface area contributed by atoms with Crippen LogP contribution in [-0.4, -0.2) is 34.2 Å². The third-order valence-corrected chi connectivity index (χ3v) is 4.63. The first kappa shape index (κ1) is 20.8. The number of anilines is 1. The molecule has 0 aliphatic heterocycles. The van der Waals surface area contributed by atoms with Gasteiger partial charge in [-0.15, -0.1) is 0 Å². The van der Waals surface area contributed by atoms with Crippen LogP contribution in [0.4, 0.5) is 5.69 Å². The van der Waals surface area contributed by atoms with Gasteiger partial charge in [0.05, 0.1) is 24.2 Å². The quantitative estimate of drug-likeness (QED) is 0.611. The first-order valence-electron chi connectivity index (χ1n) is 9.35. The molecule has 30 heavy (non-hydrogen) atoms. The minimum Gasteiger partial charge on any atom is -0.462 e. The summed E-state index contributed by atoms with van der Waals surface area (Å²) in [5.74, 6) is -1.23. The van der Waals surface area contributed by atoms with Crippen LogP contribution in [0, 0.1) is 13.8 Å². The number of aryl methyl sites for hydroxylation is 1. The van der Waals surface area contributed by atoms with Crippen LogP contribution in [0.1, 0.15) is 49.3 Å². The molecule has 0 aliphatic rings. The summed E-state index contributed by atoms with van der Waals surface area (Å²) in [4.78, 5) is 35.8. The van der Waals surface area contributed by atoms with E-state index in [1.165, 1.54) is 6.20 Å². The van der Waals surface area contributed by atoms with Gasteiger partial charge in [0.2, 0.25) is 5.91 Å². The number of carbonyl (C=O) groups is 3. The molecule has 0 saturated carbocycles. The molecule has 2 aromatic carbocycles. The lowest BCUT2D eigenvalue weighted by molar-refractivity contribution is 0.0525. The smallest absolute Gasteiger partial charge is 0.341 e. The van der Waals surface area contributed by atoms with E-state index >= 15 is 0 Å². The first-order valence-corrected chi connectivity index (χ1v) is 9.35. The van der Waals surface area contributed by atoms with Gasteiger partial charge < -0.3 is 15.8 Å². The van der Waals surface area contributed by atoms with Gasteiger partial charge in [0, 0.05) is 16.8 Å². The number of carbonyl (C=O) groups excluding carboxylic acids is 3. The number of hydrogen-bond acceptors (Lipinski definition) is 5. The van der Waals surface area contributed by atoms with E-state index in [1.54, 1.807) is 67.9 Å². The van der Waals surface area contributed by atoms with Crippen LogP contribution in [0.15, 0.2) is 48.7 Å². The fourth-order valence-electron chi connectivity index (χ4n) is 3.05. The number of hydrogen-bond donors (Lipinski definition) is 2. The van der Waals surface area contributed by atoms with Gasteiger partial charge in [0.1, 0.15) is 5.56 Å². The zero-order valence-corrected chi connectivity index (χ0v) is 16.9. The number of rotatable bonds is 6. The van der Waals surface area contributed by atoms with E-state index in [9.17, 15) is 14.4 Å². The lowest BCUT2D eigenvalue weighted by atomic mass is 10.1. The Balaban J connectivity index is 1.76. The van der Waals surface area contributed by atoms with Crippen LogP contribution in [0.25, 0.3) is 5.69 Å². The van der Waals surface area contributed by atoms with Gasteiger partial charge in [-0.3, -0.25) is 9.59 Å². The highest BCUT2D eigenvalue weighted by Crippen LogP contribution is 2.18. The molecule has 154 valence electrons. The summed E-state index contributed by atoms with van der Waals surface area (Å²) in [5.41, 5.74) is 9.17. The fourth-order valence-corrected chi connectivity index (χ4v) is 3.05. The summed E-state index contributed by atoms with van der Waals surface area (Å²) in [7, 11) is 0. The van der Waals surface area contributed by atoms with Crippen molar-refractivity contribution in [3.05, 3.63) is 76.6 Å². The fraction of sp³-hybridized carbons (Fsp3) is 0.182. The zero-order valence-electron chi connectivity index (χ0n) is 16.9. The van der Waals surface area contributed by atoms with Crippen LogP contribution >= 0.6 is 0 Å². The molecule has 8 nitrogen and oxygen atoms in total. The number of benzene rings is 2. The van der Waals surface area contributed by atoms with Crippen molar-refractivity contribution in [3.63, 3.8) is 0 Å². The average molecular weight is 406 g/mol. The van der Waals surface area contributed by atoms with E-state index in [2.05, 4.69) is 10.4 Å². The van der Waals surface area contributed by atoms with Gasteiger partial charge in [-0.05, 0) is 68.8 Å². The second-order valence-corrected chi connectivity index (χ2v) is 6.67. The molecule has 3 N–H and O–H groups in total. The van der Waals surface area contributed by atoms with E-state index in [0.717, 1.165) is 0 Å². The summed E-state index contributed by atoms with van der Waals surface area (Å²) in [5, 5.41) is 7.04. The lowest BCUT2D eigenvalue weighted by Gasteiger charge is -2.09. The first-order chi connectivity index (χ1) is 14.3. The normalized spacial score (nSPS) is 10.5. The Bertz CT molecular complexity index is 1120. The topological polar surface area (TPSA) is 116 Å². The summed E-state index contributed by atoms with van der Waals surface area (Å²) in [6.45, 7) is 5.56. The van der Waals surface area contributed by atoms with Crippen molar-refractivity contribution in [2.75, 3.05) is 11.9 Å². The number of primary amides is 1. The molecule has 1 heterocycles. The van der Waals surface area contributed by atoms with Crippen LogP contribution < -0.4 is 11.1 Å². The molecular weight excluding hydrogens is 384 g/mol. The molecule has 2 amide bonds. The maximum Gasteiger partial charge on any atom is 0.341 e. The van der Waals surface area contributed by atoms with Crippen LogP contribution in [-0.2, 0) is 4.74 Å². The molecule has 3 rings (SSSR count). The summed E-state index contributed by atoms with van der Waals surface area (Å²) in [6, 6.07) is 11.7. The van der Waals surface area contributed by atoms with Crippen LogP contribution in [0.3, 0.4) is 0 Å². The summed E-state index contributed by atoms with van der Waals surface area (Å²) >= 11 is 0. The largest absolute Gasteiger partial charge is 0.462 e. The predicted octanol–water partition coefficient (Wildman–Crippen LogP) is 3.02. The number of esters is 1. The Hall–Kier alpha value is -3.94. The maximum absolute atomic E-state index is 12.5. The number of ether oxygens (including phenoxy) is 1. The van der Waals surface area contributed by atoms with Crippen LogP contribution in [0.5, 0.6) is 0 Å². The molecule has 0 fully saturated rings. The molecule has 1 aromatic heterocycles. The number of nitrogens with zero attached hydrogens (tertiary/aromatic N) is 2. The Morgan fingerprint density at radius 2 is 1.77 bits per heavy atom. The summed E-state index contributed by atoms with van der Waals surface area (Å²) in [6.07, 6.45) is 1.46. The number of amides is 2. The predicted molar refractivity (Wildman–Crippen MR) is 112 cm³/mol. The second kappa shape index (κ2) is 8.60. The van der Waals surface area contributed by atoms with Gasteiger partial charge in [-0.1, -0.05) is 0 Å². The SMILES string of the molecule is CCOC(=O)c1cnn(-c2ccc(C(=O)Nc3ccc(C(N)=O)c(C)c3)cc2)c1C. The Morgan fingerprint density at radius 1 is 1.07 bits per heavy atom. The van der Waals surface area contributed by atoms with Crippen LogP contribution in [0.2, 0.25) is 0 Å². The number of nitrogens with two attached hydrogens (primary N) is 1. The monoisotopic (exact) mass is 406 g/mol. The number of nitrogens with one attached hydrogen (secondary N) is 1. The molecule has 0 spiro atoms. The third-order valence-electron chi connectivity index (χ3n) is 4.63.